The van der Waals surface area contributed by atoms with Crippen molar-refractivity contribution in [3.63, 3.8) is 0 Å². The fourth-order valence-electron chi connectivity index (χ4n) is 2.07. The zero-order chi connectivity index (χ0) is 15.2. The highest BCUT2D eigenvalue weighted by Gasteiger charge is 2.32. The molecule has 1 aliphatic rings. The molecule has 1 amide bonds. The summed E-state index contributed by atoms with van der Waals surface area (Å²) < 4.78 is 18.3. The average Bonchev–Trinajstić information content (AvgIpc) is 3.23. The van der Waals surface area contributed by atoms with Crippen molar-refractivity contribution in [2.24, 2.45) is 0 Å². The van der Waals surface area contributed by atoms with Crippen molar-refractivity contribution in [2.45, 2.75) is 31.7 Å². The summed E-state index contributed by atoms with van der Waals surface area (Å²) in [6, 6.07) is 5.91. The molecule has 0 heterocycles. The number of ether oxygens (including phenoxy) is 1. The number of carbonyl (C=O) groups is 2. The van der Waals surface area contributed by atoms with Gasteiger partial charge < -0.3 is 14.7 Å². The lowest BCUT2D eigenvalue weighted by molar-refractivity contribution is -0.138. The molecule has 0 unspecified atom stereocenters. The van der Waals surface area contributed by atoms with Crippen LogP contribution in [-0.4, -0.2) is 41.1 Å². The van der Waals surface area contributed by atoms with Crippen molar-refractivity contribution in [2.75, 3.05) is 13.2 Å². The first-order chi connectivity index (χ1) is 10.1. The van der Waals surface area contributed by atoms with Gasteiger partial charge in [0.05, 0.1) is 19.4 Å². The van der Waals surface area contributed by atoms with E-state index in [1.807, 2.05) is 0 Å². The number of carboxylic acid groups (broad SMARTS) is 1. The Bertz CT molecular complexity index is 516. The zero-order valence-electron chi connectivity index (χ0n) is 11.6. The fraction of sp³-hybridized carbons (Fsp3) is 0.467. The average molecular weight is 295 g/mol. The maximum absolute atomic E-state index is 13.0. The number of nitrogens with zero attached hydrogens (tertiary/aromatic N) is 1. The van der Waals surface area contributed by atoms with E-state index in [2.05, 4.69) is 0 Å². The van der Waals surface area contributed by atoms with Crippen LogP contribution < -0.4 is 4.74 Å². The standard InChI is InChI=1S/C15H18FNO4/c16-11-2-1-3-13(10-11)21-9-7-14(18)17(12-4-5-12)8-6-15(19)20/h1-3,10,12H,4-9H2,(H,19,20). The van der Waals surface area contributed by atoms with Crippen molar-refractivity contribution in [3.8, 4) is 5.75 Å². The van der Waals surface area contributed by atoms with Gasteiger partial charge in [0.25, 0.3) is 0 Å². The number of benzene rings is 1. The lowest BCUT2D eigenvalue weighted by Crippen LogP contribution is -2.35. The molecule has 1 N–H and O–H groups in total. The lowest BCUT2D eigenvalue weighted by atomic mass is 10.3. The van der Waals surface area contributed by atoms with Gasteiger partial charge in [-0.1, -0.05) is 6.07 Å². The maximum Gasteiger partial charge on any atom is 0.305 e. The van der Waals surface area contributed by atoms with Crippen molar-refractivity contribution >= 4 is 11.9 Å². The number of halogens is 1. The summed E-state index contributed by atoms with van der Waals surface area (Å²) in [6.07, 6.45) is 1.96. The molecule has 0 radical (unpaired) electrons. The van der Waals surface area contributed by atoms with Gasteiger partial charge in [0, 0.05) is 18.7 Å². The first-order valence-electron chi connectivity index (χ1n) is 6.96. The SMILES string of the molecule is O=C(O)CCN(C(=O)CCOc1cccc(F)c1)C1CC1. The summed E-state index contributed by atoms with van der Waals surface area (Å²) in [5.74, 6) is -1.04. The van der Waals surface area contributed by atoms with Gasteiger partial charge in [-0.15, -0.1) is 0 Å². The number of amides is 1. The van der Waals surface area contributed by atoms with E-state index in [4.69, 9.17) is 9.84 Å². The molecule has 1 aromatic carbocycles. The Balaban J connectivity index is 1.78. The Morgan fingerprint density at radius 3 is 2.71 bits per heavy atom. The second-order valence-electron chi connectivity index (χ2n) is 5.02. The summed E-state index contributed by atoms with van der Waals surface area (Å²) >= 11 is 0. The predicted octanol–water partition coefficient (Wildman–Crippen LogP) is 2.06. The van der Waals surface area contributed by atoms with Crippen molar-refractivity contribution < 1.29 is 23.8 Å². The third-order valence-electron chi connectivity index (χ3n) is 3.26. The number of aliphatic carboxylic acids is 1. The summed E-state index contributed by atoms with van der Waals surface area (Å²) in [4.78, 5) is 24.3. The maximum atomic E-state index is 13.0. The first kappa shape index (κ1) is 15.3. The summed E-state index contributed by atoms with van der Waals surface area (Å²) in [5, 5.41) is 8.70. The van der Waals surface area contributed by atoms with Gasteiger partial charge in [0.2, 0.25) is 5.91 Å². The highest BCUT2D eigenvalue weighted by atomic mass is 19.1. The van der Waals surface area contributed by atoms with Gasteiger partial charge in [0.1, 0.15) is 11.6 Å². The van der Waals surface area contributed by atoms with Crippen molar-refractivity contribution in [1.82, 2.24) is 4.90 Å². The van der Waals surface area contributed by atoms with E-state index >= 15 is 0 Å². The van der Waals surface area contributed by atoms with Crippen LogP contribution in [0, 0.1) is 5.82 Å². The van der Waals surface area contributed by atoms with E-state index in [0.717, 1.165) is 12.8 Å². The molecule has 0 aliphatic heterocycles. The Kier molecular flexibility index (Phi) is 5.14. The van der Waals surface area contributed by atoms with Crippen LogP contribution in [0.3, 0.4) is 0 Å². The smallest absolute Gasteiger partial charge is 0.305 e. The largest absolute Gasteiger partial charge is 0.493 e. The van der Waals surface area contributed by atoms with Crippen LogP contribution in [0.2, 0.25) is 0 Å². The second kappa shape index (κ2) is 7.06. The van der Waals surface area contributed by atoms with E-state index < -0.39 is 5.97 Å². The second-order valence-corrected chi connectivity index (χ2v) is 5.02. The molecule has 21 heavy (non-hydrogen) atoms. The van der Waals surface area contributed by atoms with E-state index in [0.29, 0.717) is 5.75 Å². The fourth-order valence-corrected chi connectivity index (χ4v) is 2.07. The van der Waals surface area contributed by atoms with E-state index in [1.54, 1.807) is 11.0 Å². The minimum Gasteiger partial charge on any atom is -0.493 e. The number of hydrogen-bond donors (Lipinski definition) is 1. The molecular weight excluding hydrogens is 277 g/mol. The van der Waals surface area contributed by atoms with Crippen LogP contribution in [0.25, 0.3) is 0 Å². The topological polar surface area (TPSA) is 66.8 Å². The monoisotopic (exact) mass is 295 g/mol. The van der Waals surface area contributed by atoms with Gasteiger partial charge in [0.15, 0.2) is 0 Å². The molecular formula is C15H18FNO4. The van der Waals surface area contributed by atoms with Gasteiger partial charge in [-0.2, -0.15) is 0 Å². The predicted molar refractivity (Wildman–Crippen MR) is 73.5 cm³/mol. The van der Waals surface area contributed by atoms with Gasteiger partial charge in [-0.05, 0) is 25.0 Å². The molecule has 5 nitrogen and oxygen atoms in total. The molecule has 0 bridgehead atoms. The Morgan fingerprint density at radius 1 is 1.33 bits per heavy atom. The van der Waals surface area contributed by atoms with Crippen LogP contribution >= 0.6 is 0 Å². The van der Waals surface area contributed by atoms with Crippen LogP contribution in [0.1, 0.15) is 25.7 Å². The third kappa shape index (κ3) is 5.06. The molecule has 0 atom stereocenters. The highest BCUT2D eigenvalue weighted by molar-refractivity contribution is 5.77. The van der Waals surface area contributed by atoms with Crippen molar-refractivity contribution in [1.29, 1.82) is 0 Å². The molecule has 114 valence electrons. The van der Waals surface area contributed by atoms with E-state index in [-0.39, 0.29) is 43.8 Å². The lowest BCUT2D eigenvalue weighted by Gasteiger charge is -2.21. The van der Waals surface area contributed by atoms with Crippen molar-refractivity contribution in [3.05, 3.63) is 30.1 Å². The zero-order valence-corrected chi connectivity index (χ0v) is 11.6. The highest BCUT2D eigenvalue weighted by Crippen LogP contribution is 2.27. The van der Waals surface area contributed by atoms with Crippen LogP contribution in [0.4, 0.5) is 4.39 Å². The Labute approximate surface area is 122 Å². The van der Waals surface area contributed by atoms with Crippen LogP contribution in [-0.2, 0) is 9.59 Å². The molecule has 1 saturated carbocycles. The molecule has 1 aliphatic carbocycles. The summed E-state index contributed by atoms with van der Waals surface area (Å²) in [6.45, 7) is 0.386. The molecule has 0 aromatic heterocycles. The molecule has 2 rings (SSSR count). The summed E-state index contributed by atoms with van der Waals surface area (Å²) in [7, 11) is 0. The number of carboxylic acids is 1. The Hall–Kier alpha value is -2.11. The number of hydrogen-bond acceptors (Lipinski definition) is 3. The number of carbonyl (C=O) groups excluding carboxylic acids is 1. The quantitative estimate of drug-likeness (QED) is 0.797. The molecule has 1 aromatic rings. The Morgan fingerprint density at radius 2 is 2.10 bits per heavy atom. The van der Waals surface area contributed by atoms with Gasteiger partial charge >= 0.3 is 5.97 Å². The van der Waals surface area contributed by atoms with E-state index in [9.17, 15) is 14.0 Å². The molecule has 6 heteroatoms. The molecule has 1 fully saturated rings. The van der Waals surface area contributed by atoms with Crippen LogP contribution in [0.5, 0.6) is 5.75 Å². The van der Waals surface area contributed by atoms with Gasteiger partial charge in [-0.25, -0.2) is 4.39 Å². The number of rotatable bonds is 8. The molecule has 0 spiro atoms. The third-order valence-corrected chi connectivity index (χ3v) is 3.26. The molecule has 0 saturated heterocycles. The first-order valence-corrected chi connectivity index (χ1v) is 6.96. The van der Waals surface area contributed by atoms with Gasteiger partial charge in [-0.3, -0.25) is 9.59 Å². The minimum atomic E-state index is -0.913. The normalized spacial score (nSPS) is 13.8. The summed E-state index contributed by atoms with van der Waals surface area (Å²) in [5.41, 5.74) is 0. The minimum absolute atomic E-state index is 0.0486. The van der Waals surface area contributed by atoms with E-state index in [1.165, 1.54) is 18.2 Å². The van der Waals surface area contributed by atoms with Crippen LogP contribution in [0.15, 0.2) is 24.3 Å².